The van der Waals surface area contributed by atoms with Crippen LogP contribution in [0.1, 0.15) is 0 Å². The van der Waals surface area contributed by atoms with Crippen LogP contribution >= 0.6 is 12.6 Å². The fraction of sp³-hybridized carbons (Fsp3) is 1.00. The molecule has 0 aromatic rings. The van der Waals surface area contributed by atoms with Gasteiger partial charge in [0.15, 0.2) is 6.10 Å². The van der Waals surface area contributed by atoms with Gasteiger partial charge in [-0.15, -0.1) is 10.1 Å². The quantitative estimate of drug-likeness (QED) is 0.381. The lowest BCUT2D eigenvalue weighted by Gasteiger charge is -2.12. The molecule has 7 heteroatoms. The van der Waals surface area contributed by atoms with Crippen molar-refractivity contribution >= 4 is 12.6 Å². The number of hydrogen-bond acceptors (Lipinski definition) is 6. The highest BCUT2D eigenvalue weighted by atomic mass is 32.1. The number of fused-ring (bicyclic) bond motifs is 1. The summed E-state index contributed by atoms with van der Waals surface area (Å²) in [5, 5.41) is 9.26. The zero-order valence-corrected chi connectivity index (χ0v) is 7.55. The molecule has 0 aliphatic carbocycles. The molecular formula is C6H9NO5S. The molecule has 13 heavy (non-hydrogen) atoms. The molecule has 0 amide bonds. The molecule has 2 heterocycles. The highest BCUT2D eigenvalue weighted by Gasteiger charge is 2.48. The van der Waals surface area contributed by atoms with Crippen molar-refractivity contribution in [3.05, 3.63) is 10.1 Å². The van der Waals surface area contributed by atoms with Gasteiger partial charge in [0.1, 0.15) is 6.10 Å². The predicted molar refractivity (Wildman–Crippen MR) is 44.1 cm³/mol. The van der Waals surface area contributed by atoms with Crippen LogP contribution in [0.4, 0.5) is 0 Å². The molecule has 0 N–H and O–H groups in total. The molecule has 2 saturated heterocycles. The number of hydrogen-bond donors (Lipinski definition) is 1. The van der Waals surface area contributed by atoms with Crippen molar-refractivity contribution in [2.75, 3.05) is 13.2 Å². The molecule has 0 spiro atoms. The van der Waals surface area contributed by atoms with Crippen LogP contribution in [0.5, 0.6) is 0 Å². The van der Waals surface area contributed by atoms with E-state index < -0.39 is 11.2 Å². The molecule has 6 nitrogen and oxygen atoms in total. The molecule has 2 rings (SSSR count). The largest absolute Gasteiger partial charge is 0.372 e. The Balaban J connectivity index is 1.98. The maximum Gasteiger partial charge on any atom is 0.294 e. The van der Waals surface area contributed by atoms with Gasteiger partial charge in [-0.25, -0.2) is 0 Å². The monoisotopic (exact) mass is 207 g/mol. The Morgan fingerprint density at radius 3 is 2.77 bits per heavy atom. The van der Waals surface area contributed by atoms with E-state index >= 15 is 0 Å². The third kappa shape index (κ3) is 1.59. The molecule has 2 unspecified atom stereocenters. The number of rotatable bonds is 2. The lowest BCUT2D eigenvalue weighted by molar-refractivity contribution is -0.769. The summed E-state index contributed by atoms with van der Waals surface area (Å²) >= 11 is 4.22. The molecule has 4 atom stereocenters. The van der Waals surface area contributed by atoms with Crippen molar-refractivity contribution < 1.29 is 19.4 Å². The Morgan fingerprint density at radius 1 is 1.38 bits per heavy atom. The van der Waals surface area contributed by atoms with Gasteiger partial charge in [-0.1, -0.05) is 0 Å². The second-order valence-electron chi connectivity index (χ2n) is 3.03. The first-order valence-electron chi connectivity index (χ1n) is 3.91. The number of nitrogens with zero attached hydrogens (tertiary/aromatic N) is 1. The SMILES string of the molecule is O=[N+]([O-])O[C@@H]1COC2C1OC[C@@H]2S. The molecule has 2 fully saturated rings. The maximum absolute atomic E-state index is 10.1. The zero-order chi connectivity index (χ0) is 9.42. The fourth-order valence-electron chi connectivity index (χ4n) is 1.64. The Labute approximate surface area is 79.7 Å². The van der Waals surface area contributed by atoms with Crippen LogP contribution in [0, 0.1) is 10.1 Å². The van der Waals surface area contributed by atoms with Crippen LogP contribution in [0.25, 0.3) is 0 Å². The van der Waals surface area contributed by atoms with E-state index in [4.69, 9.17) is 9.47 Å². The maximum atomic E-state index is 10.1. The Kier molecular flexibility index (Phi) is 2.31. The summed E-state index contributed by atoms with van der Waals surface area (Å²) in [7, 11) is 0. The first kappa shape index (κ1) is 9.04. The number of thiol groups is 1. The van der Waals surface area contributed by atoms with Crippen molar-refractivity contribution in [2.45, 2.75) is 23.6 Å². The van der Waals surface area contributed by atoms with Crippen LogP contribution in [0.2, 0.25) is 0 Å². The first-order chi connectivity index (χ1) is 6.18. The van der Waals surface area contributed by atoms with Crippen LogP contribution in [0.15, 0.2) is 0 Å². The van der Waals surface area contributed by atoms with E-state index in [1.54, 1.807) is 0 Å². The normalized spacial score (nSPS) is 43.2. The van der Waals surface area contributed by atoms with Gasteiger partial charge >= 0.3 is 0 Å². The van der Waals surface area contributed by atoms with Crippen molar-refractivity contribution in [1.82, 2.24) is 0 Å². The Hall–Kier alpha value is -0.530. The van der Waals surface area contributed by atoms with Crippen LogP contribution in [-0.4, -0.2) is 41.9 Å². The van der Waals surface area contributed by atoms with Gasteiger partial charge in [0.25, 0.3) is 5.09 Å². The van der Waals surface area contributed by atoms with Gasteiger partial charge in [0, 0.05) is 0 Å². The highest BCUT2D eigenvalue weighted by Crippen LogP contribution is 2.31. The summed E-state index contributed by atoms with van der Waals surface area (Å²) < 4.78 is 10.5. The molecule has 0 aromatic heterocycles. The van der Waals surface area contributed by atoms with Gasteiger partial charge in [-0.05, 0) is 0 Å². The Morgan fingerprint density at radius 2 is 2.08 bits per heavy atom. The summed E-state index contributed by atoms with van der Waals surface area (Å²) in [5.41, 5.74) is 0. The third-order valence-electron chi connectivity index (χ3n) is 2.20. The standard InChI is InChI=1S/C6H9NO5S/c8-7(9)12-3-1-10-6-4(13)2-11-5(3)6/h3-6,13H,1-2H2/t3-,4+,5?,6?/m1/s1. The molecule has 2 aliphatic heterocycles. The average Bonchev–Trinajstić information content (AvgIpc) is 2.56. The minimum Gasteiger partial charge on any atom is -0.372 e. The predicted octanol–water partition coefficient (Wildman–Crippen LogP) is -0.341. The summed E-state index contributed by atoms with van der Waals surface area (Å²) in [6.07, 6.45) is -1.11. The van der Waals surface area contributed by atoms with E-state index in [1.165, 1.54) is 0 Å². The van der Waals surface area contributed by atoms with Crippen molar-refractivity contribution in [3.8, 4) is 0 Å². The molecule has 0 radical (unpaired) electrons. The molecule has 74 valence electrons. The van der Waals surface area contributed by atoms with E-state index in [0.717, 1.165) is 0 Å². The first-order valence-corrected chi connectivity index (χ1v) is 4.42. The van der Waals surface area contributed by atoms with Crippen molar-refractivity contribution in [3.63, 3.8) is 0 Å². The van der Waals surface area contributed by atoms with Gasteiger partial charge in [-0.2, -0.15) is 12.6 Å². The summed E-state index contributed by atoms with van der Waals surface area (Å²) in [5.74, 6) is 0. The molecule has 0 aromatic carbocycles. The van der Waals surface area contributed by atoms with Gasteiger partial charge < -0.3 is 14.3 Å². The number of ether oxygens (including phenoxy) is 2. The molecule has 0 saturated carbocycles. The van der Waals surface area contributed by atoms with E-state index in [2.05, 4.69) is 17.5 Å². The van der Waals surface area contributed by atoms with E-state index in [0.29, 0.717) is 6.61 Å². The van der Waals surface area contributed by atoms with Crippen LogP contribution in [-0.2, 0) is 14.3 Å². The molecular weight excluding hydrogens is 198 g/mol. The smallest absolute Gasteiger partial charge is 0.294 e. The van der Waals surface area contributed by atoms with Crippen LogP contribution in [0.3, 0.4) is 0 Å². The van der Waals surface area contributed by atoms with Gasteiger partial charge in [0.05, 0.1) is 24.6 Å². The average molecular weight is 207 g/mol. The van der Waals surface area contributed by atoms with E-state index in [9.17, 15) is 10.1 Å². The van der Waals surface area contributed by atoms with Crippen molar-refractivity contribution in [2.24, 2.45) is 0 Å². The minimum atomic E-state index is -0.814. The lowest BCUT2D eigenvalue weighted by atomic mass is 10.1. The molecule has 0 bridgehead atoms. The second kappa shape index (κ2) is 3.32. The Bertz CT molecular complexity index is 225. The summed E-state index contributed by atoms with van der Waals surface area (Å²) in [6, 6.07) is 0. The summed E-state index contributed by atoms with van der Waals surface area (Å²) in [4.78, 5) is 14.5. The van der Waals surface area contributed by atoms with Crippen LogP contribution < -0.4 is 0 Å². The fourth-order valence-corrected chi connectivity index (χ4v) is 1.99. The van der Waals surface area contributed by atoms with E-state index in [-0.39, 0.29) is 24.1 Å². The topological polar surface area (TPSA) is 70.8 Å². The zero-order valence-electron chi connectivity index (χ0n) is 6.66. The minimum absolute atomic E-state index is 0.00893. The summed E-state index contributed by atoms with van der Waals surface area (Å²) in [6.45, 7) is 0.656. The third-order valence-corrected chi connectivity index (χ3v) is 2.65. The van der Waals surface area contributed by atoms with E-state index in [1.807, 2.05) is 0 Å². The highest BCUT2D eigenvalue weighted by molar-refractivity contribution is 7.81. The van der Waals surface area contributed by atoms with Gasteiger partial charge in [0.2, 0.25) is 0 Å². The molecule has 2 aliphatic rings. The van der Waals surface area contributed by atoms with Gasteiger partial charge in [-0.3, -0.25) is 0 Å². The van der Waals surface area contributed by atoms with Crippen molar-refractivity contribution in [1.29, 1.82) is 0 Å². The lowest BCUT2D eigenvalue weighted by Crippen LogP contribution is -2.33. The second-order valence-corrected chi connectivity index (χ2v) is 3.69.